The molecule has 0 bridgehead atoms. The van der Waals surface area contributed by atoms with E-state index in [1.165, 1.54) is 51.4 Å². The zero-order valence-corrected chi connectivity index (χ0v) is 13.3. The van der Waals surface area contributed by atoms with Crippen LogP contribution in [0.25, 0.3) is 0 Å². The van der Waals surface area contributed by atoms with Gasteiger partial charge < -0.3 is 16.0 Å². The first kappa shape index (κ1) is 16.1. The summed E-state index contributed by atoms with van der Waals surface area (Å²) in [5.74, 6) is 0.828. The molecule has 0 atom stereocenters. The summed E-state index contributed by atoms with van der Waals surface area (Å²) in [6.07, 6.45) is 12.4. The van der Waals surface area contributed by atoms with E-state index in [0.717, 1.165) is 18.8 Å². The van der Waals surface area contributed by atoms with E-state index in [4.69, 9.17) is 0 Å². The SMILES string of the molecule is CN=C(NCC(=O)NC1CCCCC1)NC1CCCCC1. The van der Waals surface area contributed by atoms with Crippen LogP contribution in [0.2, 0.25) is 0 Å². The van der Waals surface area contributed by atoms with Gasteiger partial charge in [-0.05, 0) is 25.7 Å². The van der Waals surface area contributed by atoms with Crippen molar-refractivity contribution in [3.05, 3.63) is 0 Å². The molecule has 2 aliphatic rings. The Morgan fingerprint density at radius 2 is 1.43 bits per heavy atom. The molecule has 2 aliphatic carbocycles. The van der Waals surface area contributed by atoms with E-state index in [2.05, 4.69) is 20.9 Å². The van der Waals surface area contributed by atoms with E-state index in [0.29, 0.717) is 18.6 Å². The number of hydrogen-bond acceptors (Lipinski definition) is 2. The Bertz CT molecular complexity index is 344. The molecule has 0 aromatic rings. The predicted octanol–water partition coefficient (Wildman–Crippen LogP) is 1.93. The average Bonchev–Trinajstić information content (AvgIpc) is 2.53. The van der Waals surface area contributed by atoms with Gasteiger partial charge in [-0.2, -0.15) is 0 Å². The van der Waals surface area contributed by atoms with Gasteiger partial charge in [0, 0.05) is 19.1 Å². The summed E-state index contributed by atoms with van der Waals surface area (Å²) < 4.78 is 0. The Labute approximate surface area is 128 Å². The van der Waals surface area contributed by atoms with Crippen molar-refractivity contribution in [1.29, 1.82) is 0 Å². The minimum atomic E-state index is 0.0773. The molecule has 5 heteroatoms. The standard InChI is InChI=1S/C16H30N4O/c1-17-16(20-14-10-6-3-7-11-14)18-12-15(21)19-13-8-4-2-5-9-13/h13-14H,2-12H2,1H3,(H,19,21)(H2,17,18,20). The van der Waals surface area contributed by atoms with E-state index >= 15 is 0 Å². The second-order valence-corrected chi connectivity index (χ2v) is 6.31. The number of hydrogen-bond donors (Lipinski definition) is 3. The summed E-state index contributed by atoms with van der Waals surface area (Å²) in [6, 6.07) is 0.882. The topological polar surface area (TPSA) is 65.5 Å². The number of nitrogens with one attached hydrogen (secondary N) is 3. The van der Waals surface area contributed by atoms with E-state index in [1.807, 2.05) is 0 Å². The van der Waals surface area contributed by atoms with Crippen molar-refractivity contribution in [1.82, 2.24) is 16.0 Å². The third kappa shape index (κ3) is 5.94. The highest BCUT2D eigenvalue weighted by atomic mass is 16.2. The smallest absolute Gasteiger partial charge is 0.239 e. The van der Waals surface area contributed by atoms with Gasteiger partial charge in [0.05, 0.1) is 6.54 Å². The number of aliphatic imine (C=N–C) groups is 1. The fraction of sp³-hybridized carbons (Fsp3) is 0.875. The Kier molecular flexibility index (Phi) is 6.83. The summed E-state index contributed by atoms with van der Waals surface area (Å²) >= 11 is 0. The van der Waals surface area contributed by atoms with Gasteiger partial charge in [0.2, 0.25) is 5.91 Å². The molecule has 0 aromatic carbocycles. The van der Waals surface area contributed by atoms with Crippen LogP contribution in [0.4, 0.5) is 0 Å². The molecule has 21 heavy (non-hydrogen) atoms. The van der Waals surface area contributed by atoms with Crippen LogP contribution in [0.3, 0.4) is 0 Å². The van der Waals surface area contributed by atoms with Crippen LogP contribution in [0.15, 0.2) is 4.99 Å². The third-order valence-corrected chi connectivity index (χ3v) is 4.56. The zero-order chi connectivity index (χ0) is 14.9. The fourth-order valence-corrected chi connectivity index (χ4v) is 3.32. The van der Waals surface area contributed by atoms with Gasteiger partial charge >= 0.3 is 0 Å². The van der Waals surface area contributed by atoms with Crippen molar-refractivity contribution in [3.8, 4) is 0 Å². The lowest BCUT2D eigenvalue weighted by Crippen LogP contribution is -2.48. The lowest BCUT2D eigenvalue weighted by atomic mass is 9.95. The van der Waals surface area contributed by atoms with E-state index in [1.54, 1.807) is 7.05 Å². The first-order chi connectivity index (χ1) is 10.3. The molecule has 2 fully saturated rings. The molecule has 0 heterocycles. The molecular formula is C16H30N4O. The first-order valence-electron chi connectivity index (χ1n) is 8.54. The molecule has 120 valence electrons. The van der Waals surface area contributed by atoms with Crippen molar-refractivity contribution in [2.45, 2.75) is 76.3 Å². The Morgan fingerprint density at radius 1 is 0.905 bits per heavy atom. The molecule has 0 unspecified atom stereocenters. The van der Waals surface area contributed by atoms with Crippen LogP contribution in [-0.4, -0.2) is 37.5 Å². The first-order valence-corrected chi connectivity index (χ1v) is 8.54. The minimum absolute atomic E-state index is 0.0773. The molecule has 0 saturated heterocycles. The predicted molar refractivity (Wildman–Crippen MR) is 86.4 cm³/mol. The number of nitrogens with zero attached hydrogens (tertiary/aromatic N) is 1. The molecule has 0 radical (unpaired) electrons. The monoisotopic (exact) mass is 294 g/mol. The Morgan fingerprint density at radius 3 is 1.95 bits per heavy atom. The second kappa shape index (κ2) is 8.90. The van der Waals surface area contributed by atoms with Crippen LogP contribution in [0.5, 0.6) is 0 Å². The summed E-state index contributed by atoms with van der Waals surface area (Å²) in [5, 5.41) is 9.67. The van der Waals surface area contributed by atoms with Gasteiger partial charge in [-0.1, -0.05) is 38.5 Å². The van der Waals surface area contributed by atoms with Gasteiger partial charge in [-0.15, -0.1) is 0 Å². The summed E-state index contributed by atoms with van der Waals surface area (Å²) in [5.41, 5.74) is 0. The molecule has 0 aliphatic heterocycles. The Balaban J connectivity index is 1.65. The van der Waals surface area contributed by atoms with E-state index in [-0.39, 0.29) is 5.91 Å². The number of rotatable bonds is 4. The van der Waals surface area contributed by atoms with Crippen molar-refractivity contribution in [2.24, 2.45) is 4.99 Å². The number of amides is 1. The third-order valence-electron chi connectivity index (χ3n) is 4.56. The second-order valence-electron chi connectivity index (χ2n) is 6.31. The summed E-state index contributed by atoms with van der Waals surface area (Å²) in [4.78, 5) is 16.2. The average molecular weight is 294 g/mol. The van der Waals surface area contributed by atoms with Crippen molar-refractivity contribution < 1.29 is 4.79 Å². The molecular weight excluding hydrogens is 264 g/mol. The van der Waals surface area contributed by atoms with Crippen molar-refractivity contribution in [3.63, 3.8) is 0 Å². The van der Waals surface area contributed by atoms with E-state index in [9.17, 15) is 4.79 Å². The number of guanidine groups is 1. The number of carbonyl (C=O) groups excluding carboxylic acids is 1. The normalized spacial score (nSPS) is 21.9. The highest BCUT2D eigenvalue weighted by Gasteiger charge is 2.17. The summed E-state index contributed by atoms with van der Waals surface area (Å²) in [6.45, 7) is 0.308. The number of carbonyl (C=O) groups is 1. The minimum Gasteiger partial charge on any atom is -0.354 e. The van der Waals surface area contributed by atoms with Gasteiger partial charge in [-0.3, -0.25) is 9.79 Å². The van der Waals surface area contributed by atoms with Crippen molar-refractivity contribution >= 4 is 11.9 Å². The maximum Gasteiger partial charge on any atom is 0.239 e. The van der Waals surface area contributed by atoms with Gasteiger partial charge in [0.25, 0.3) is 0 Å². The molecule has 5 nitrogen and oxygen atoms in total. The van der Waals surface area contributed by atoms with Crippen LogP contribution in [0, 0.1) is 0 Å². The molecule has 0 aromatic heterocycles. The van der Waals surface area contributed by atoms with Crippen molar-refractivity contribution in [2.75, 3.05) is 13.6 Å². The maximum atomic E-state index is 12.0. The highest BCUT2D eigenvalue weighted by molar-refractivity contribution is 5.86. The lowest BCUT2D eigenvalue weighted by Gasteiger charge is -2.25. The van der Waals surface area contributed by atoms with Crippen LogP contribution in [0.1, 0.15) is 64.2 Å². The zero-order valence-electron chi connectivity index (χ0n) is 13.3. The molecule has 2 rings (SSSR count). The molecule has 0 spiro atoms. The highest BCUT2D eigenvalue weighted by Crippen LogP contribution is 2.17. The van der Waals surface area contributed by atoms with Crippen LogP contribution < -0.4 is 16.0 Å². The van der Waals surface area contributed by atoms with Gasteiger partial charge in [-0.25, -0.2) is 0 Å². The molecule has 3 N–H and O–H groups in total. The molecule has 2 saturated carbocycles. The quantitative estimate of drug-likeness (QED) is 0.548. The maximum absolute atomic E-state index is 12.0. The Hall–Kier alpha value is -1.26. The lowest BCUT2D eigenvalue weighted by molar-refractivity contribution is -0.120. The van der Waals surface area contributed by atoms with Crippen LogP contribution >= 0.6 is 0 Å². The fourth-order valence-electron chi connectivity index (χ4n) is 3.32. The van der Waals surface area contributed by atoms with Gasteiger partial charge in [0.15, 0.2) is 5.96 Å². The summed E-state index contributed by atoms with van der Waals surface area (Å²) in [7, 11) is 1.76. The molecule has 1 amide bonds. The van der Waals surface area contributed by atoms with Crippen LogP contribution in [-0.2, 0) is 4.79 Å². The largest absolute Gasteiger partial charge is 0.354 e. The van der Waals surface area contributed by atoms with Gasteiger partial charge in [0.1, 0.15) is 0 Å². The van der Waals surface area contributed by atoms with E-state index < -0.39 is 0 Å².